The first-order valence-electron chi connectivity index (χ1n) is 5.01. The van der Waals surface area contributed by atoms with Gasteiger partial charge in [-0.2, -0.15) is 0 Å². The Hall–Kier alpha value is -1.96. The number of anilines is 2. The standard InChI is InChI=1S/C13H12N2/c14-10-1-3-12-8(6-10)5-9-7-11(15)2-4-13(9)12/h1-4,6-7H,5,14-15H2. The molecule has 2 aromatic carbocycles. The Kier molecular flexibility index (Phi) is 1.54. The molecule has 0 unspecified atom stereocenters. The van der Waals surface area contributed by atoms with Crippen LogP contribution in [0, 0.1) is 0 Å². The van der Waals surface area contributed by atoms with Crippen LogP contribution in [0.2, 0.25) is 0 Å². The molecule has 0 fully saturated rings. The van der Waals surface area contributed by atoms with Gasteiger partial charge in [0.05, 0.1) is 0 Å². The molecule has 1 aliphatic carbocycles. The second kappa shape index (κ2) is 2.76. The van der Waals surface area contributed by atoms with E-state index < -0.39 is 0 Å². The number of fused-ring (bicyclic) bond motifs is 3. The van der Waals surface area contributed by atoms with Crippen LogP contribution in [-0.2, 0) is 6.42 Å². The van der Waals surface area contributed by atoms with Crippen molar-refractivity contribution in [2.75, 3.05) is 11.5 Å². The van der Waals surface area contributed by atoms with Gasteiger partial charge in [-0.15, -0.1) is 0 Å². The Morgan fingerprint density at radius 3 is 1.67 bits per heavy atom. The van der Waals surface area contributed by atoms with E-state index in [2.05, 4.69) is 12.1 Å². The third-order valence-electron chi connectivity index (χ3n) is 2.93. The summed E-state index contributed by atoms with van der Waals surface area (Å²) < 4.78 is 0. The third-order valence-corrected chi connectivity index (χ3v) is 2.93. The van der Waals surface area contributed by atoms with Gasteiger partial charge in [0.15, 0.2) is 0 Å². The van der Waals surface area contributed by atoms with E-state index in [1.807, 2.05) is 24.3 Å². The quantitative estimate of drug-likeness (QED) is 0.542. The van der Waals surface area contributed by atoms with Crippen LogP contribution < -0.4 is 11.5 Å². The van der Waals surface area contributed by atoms with Crippen molar-refractivity contribution in [3.8, 4) is 11.1 Å². The van der Waals surface area contributed by atoms with Crippen LogP contribution in [-0.4, -0.2) is 0 Å². The fourth-order valence-electron chi connectivity index (χ4n) is 2.25. The van der Waals surface area contributed by atoms with Crippen LogP contribution >= 0.6 is 0 Å². The Labute approximate surface area is 88.5 Å². The number of hydrogen-bond donors (Lipinski definition) is 2. The van der Waals surface area contributed by atoms with E-state index in [9.17, 15) is 0 Å². The summed E-state index contributed by atoms with van der Waals surface area (Å²) in [6.07, 6.45) is 0.945. The van der Waals surface area contributed by atoms with Crippen LogP contribution in [0.5, 0.6) is 0 Å². The molecule has 0 saturated carbocycles. The lowest BCUT2D eigenvalue weighted by molar-refractivity contribution is 1.27. The van der Waals surface area contributed by atoms with Gasteiger partial charge in [-0.1, -0.05) is 12.1 Å². The molecule has 0 saturated heterocycles. The van der Waals surface area contributed by atoms with Crippen molar-refractivity contribution < 1.29 is 0 Å². The van der Waals surface area contributed by atoms with E-state index in [1.54, 1.807) is 0 Å². The molecule has 0 aliphatic heterocycles. The molecule has 2 aromatic rings. The minimum atomic E-state index is 0.828. The molecular weight excluding hydrogens is 184 g/mol. The molecule has 0 bridgehead atoms. The topological polar surface area (TPSA) is 52.0 Å². The van der Waals surface area contributed by atoms with Gasteiger partial charge in [-0.3, -0.25) is 0 Å². The molecule has 0 heterocycles. The number of nitrogens with two attached hydrogens (primary N) is 2. The van der Waals surface area contributed by atoms with Gasteiger partial charge in [-0.05, 0) is 52.9 Å². The van der Waals surface area contributed by atoms with Crippen LogP contribution in [0.3, 0.4) is 0 Å². The molecular formula is C13H12N2. The smallest absolute Gasteiger partial charge is 0.0317 e. The zero-order valence-electron chi connectivity index (χ0n) is 8.33. The van der Waals surface area contributed by atoms with Crippen molar-refractivity contribution in [1.82, 2.24) is 0 Å². The molecule has 3 rings (SSSR count). The van der Waals surface area contributed by atoms with E-state index >= 15 is 0 Å². The van der Waals surface area contributed by atoms with Crippen molar-refractivity contribution in [1.29, 1.82) is 0 Å². The van der Waals surface area contributed by atoms with E-state index in [4.69, 9.17) is 11.5 Å². The molecule has 1 aliphatic rings. The zero-order valence-corrected chi connectivity index (χ0v) is 8.33. The van der Waals surface area contributed by atoms with Crippen molar-refractivity contribution in [2.45, 2.75) is 6.42 Å². The summed E-state index contributed by atoms with van der Waals surface area (Å²) in [6.45, 7) is 0. The Balaban J connectivity index is 2.24. The molecule has 0 atom stereocenters. The highest BCUT2D eigenvalue weighted by Gasteiger charge is 2.17. The van der Waals surface area contributed by atoms with Crippen LogP contribution in [0.25, 0.3) is 11.1 Å². The first-order valence-corrected chi connectivity index (χ1v) is 5.01. The second-order valence-corrected chi connectivity index (χ2v) is 4.01. The minimum absolute atomic E-state index is 0.828. The van der Waals surface area contributed by atoms with Crippen molar-refractivity contribution in [3.05, 3.63) is 47.5 Å². The van der Waals surface area contributed by atoms with Gasteiger partial charge < -0.3 is 11.5 Å². The molecule has 0 spiro atoms. The number of rotatable bonds is 0. The van der Waals surface area contributed by atoms with E-state index in [1.165, 1.54) is 22.3 Å². The molecule has 74 valence electrons. The van der Waals surface area contributed by atoms with Crippen LogP contribution in [0.15, 0.2) is 36.4 Å². The first-order chi connectivity index (χ1) is 7.24. The predicted octanol–water partition coefficient (Wildman–Crippen LogP) is 2.42. The highest BCUT2D eigenvalue weighted by Crippen LogP contribution is 2.38. The van der Waals surface area contributed by atoms with Crippen molar-refractivity contribution in [3.63, 3.8) is 0 Å². The average molecular weight is 196 g/mol. The number of benzene rings is 2. The molecule has 2 nitrogen and oxygen atoms in total. The van der Waals surface area contributed by atoms with Gasteiger partial charge >= 0.3 is 0 Å². The van der Waals surface area contributed by atoms with Crippen LogP contribution in [0.4, 0.5) is 11.4 Å². The predicted molar refractivity (Wildman–Crippen MR) is 63.5 cm³/mol. The molecule has 0 amide bonds. The largest absolute Gasteiger partial charge is 0.399 e. The lowest BCUT2D eigenvalue weighted by atomic mass is 10.1. The monoisotopic (exact) mass is 196 g/mol. The fraction of sp³-hybridized carbons (Fsp3) is 0.0769. The Morgan fingerprint density at radius 1 is 0.733 bits per heavy atom. The maximum absolute atomic E-state index is 5.77. The normalized spacial score (nSPS) is 12.3. The summed E-state index contributed by atoms with van der Waals surface area (Å²) >= 11 is 0. The SMILES string of the molecule is Nc1ccc2c(c1)Cc1cc(N)ccc1-2. The molecule has 0 radical (unpaired) electrons. The highest BCUT2D eigenvalue weighted by molar-refractivity contribution is 5.79. The van der Waals surface area contributed by atoms with Crippen molar-refractivity contribution in [2.24, 2.45) is 0 Å². The lowest BCUT2D eigenvalue weighted by Gasteiger charge is -2.01. The highest BCUT2D eigenvalue weighted by atomic mass is 14.6. The maximum Gasteiger partial charge on any atom is 0.0317 e. The first kappa shape index (κ1) is 8.36. The van der Waals surface area contributed by atoms with E-state index in [-0.39, 0.29) is 0 Å². The summed E-state index contributed by atoms with van der Waals surface area (Å²) in [4.78, 5) is 0. The van der Waals surface area contributed by atoms with Gasteiger partial charge in [-0.25, -0.2) is 0 Å². The van der Waals surface area contributed by atoms with Crippen molar-refractivity contribution >= 4 is 11.4 Å². The van der Waals surface area contributed by atoms with Crippen LogP contribution in [0.1, 0.15) is 11.1 Å². The van der Waals surface area contributed by atoms with Gasteiger partial charge in [0.1, 0.15) is 0 Å². The van der Waals surface area contributed by atoms with Gasteiger partial charge in [0.25, 0.3) is 0 Å². The maximum atomic E-state index is 5.77. The number of hydrogen-bond acceptors (Lipinski definition) is 2. The molecule has 0 aromatic heterocycles. The zero-order chi connectivity index (χ0) is 10.4. The third kappa shape index (κ3) is 1.18. The Morgan fingerprint density at radius 2 is 1.20 bits per heavy atom. The molecule has 4 N–H and O–H groups in total. The van der Waals surface area contributed by atoms with E-state index in [0.717, 1.165) is 17.8 Å². The second-order valence-electron chi connectivity index (χ2n) is 4.01. The molecule has 15 heavy (non-hydrogen) atoms. The van der Waals surface area contributed by atoms with Gasteiger partial charge in [0.2, 0.25) is 0 Å². The van der Waals surface area contributed by atoms with Gasteiger partial charge in [0, 0.05) is 11.4 Å². The average Bonchev–Trinajstić information content (AvgIpc) is 2.53. The summed E-state index contributed by atoms with van der Waals surface area (Å²) in [5, 5.41) is 0. The molecule has 2 heteroatoms. The van der Waals surface area contributed by atoms with E-state index in [0.29, 0.717) is 0 Å². The summed E-state index contributed by atoms with van der Waals surface area (Å²) in [5.74, 6) is 0. The number of nitrogen functional groups attached to an aromatic ring is 2. The fourth-order valence-corrected chi connectivity index (χ4v) is 2.25. The summed E-state index contributed by atoms with van der Waals surface area (Å²) in [6, 6.07) is 12.2. The minimum Gasteiger partial charge on any atom is -0.399 e. The Bertz CT molecular complexity index is 495. The lowest BCUT2D eigenvalue weighted by Crippen LogP contribution is -1.87. The summed E-state index contributed by atoms with van der Waals surface area (Å²) in [5.41, 5.74) is 18.4. The summed E-state index contributed by atoms with van der Waals surface area (Å²) in [7, 11) is 0.